The van der Waals surface area contributed by atoms with Gasteiger partial charge >= 0.3 is 5.97 Å². The van der Waals surface area contributed by atoms with Crippen LogP contribution in [0.3, 0.4) is 0 Å². The lowest BCUT2D eigenvalue weighted by atomic mass is 9.93. The molecule has 1 aliphatic rings. The summed E-state index contributed by atoms with van der Waals surface area (Å²) in [6, 6.07) is 12.9. The molecule has 0 saturated carbocycles. The Hall–Kier alpha value is -2.33. The molecular weight excluding hydrogens is 604 g/mol. The predicted octanol–water partition coefficient (Wildman–Crippen LogP) is 6.94. The van der Waals surface area contributed by atoms with Crippen LogP contribution in [0.15, 0.2) is 46.9 Å². The number of nitrogens with zero attached hydrogens (tertiary/aromatic N) is 2. The number of anilines is 1. The summed E-state index contributed by atoms with van der Waals surface area (Å²) < 4.78 is 34.5. The summed E-state index contributed by atoms with van der Waals surface area (Å²) in [5.41, 5.74) is 2.08. The molecule has 0 spiro atoms. The van der Waals surface area contributed by atoms with Crippen LogP contribution in [0, 0.1) is 6.92 Å². The van der Waals surface area contributed by atoms with Gasteiger partial charge < -0.3 is 14.7 Å². The Balaban J connectivity index is 1.62. The zero-order chi connectivity index (χ0) is 29.2. The first-order chi connectivity index (χ1) is 18.8. The average molecular weight is 639 g/mol. The van der Waals surface area contributed by atoms with E-state index in [0.29, 0.717) is 45.8 Å². The quantitative estimate of drug-likeness (QED) is 0.195. The topological polar surface area (TPSA) is 74.7 Å². The highest BCUT2D eigenvalue weighted by molar-refractivity contribution is 9.10. The minimum absolute atomic E-state index is 0.0980. The van der Waals surface area contributed by atoms with Gasteiger partial charge in [0.05, 0.1) is 18.6 Å². The van der Waals surface area contributed by atoms with Gasteiger partial charge in [0.25, 0.3) is 0 Å². The van der Waals surface area contributed by atoms with Crippen LogP contribution in [-0.4, -0.2) is 53.6 Å². The van der Waals surface area contributed by atoms with Crippen molar-refractivity contribution in [1.29, 1.82) is 0 Å². The lowest BCUT2D eigenvalue weighted by molar-refractivity contribution is -0.155. The van der Waals surface area contributed by atoms with Crippen molar-refractivity contribution >= 4 is 50.2 Å². The fourth-order valence-corrected chi connectivity index (χ4v) is 5.76. The van der Waals surface area contributed by atoms with Crippen LogP contribution in [0.5, 0.6) is 0 Å². The second-order valence-corrected chi connectivity index (χ2v) is 12.5. The van der Waals surface area contributed by atoms with Crippen LogP contribution in [0.25, 0.3) is 10.9 Å². The van der Waals surface area contributed by atoms with E-state index in [9.17, 15) is 18.7 Å². The molecular formula is C30H35BrClF2N3O3. The van der Waals surface area contributed by atoms with Gasteiger partial charge in [0.2, 0.25) is 0 Å². The summed E-state index contributed by atoms with van der Waals surface area (Å²) in [7, 11) is 0. The molecule has 1 saturated heterocycles. The molecule has 6 nitrogen and oxygen atoms in total. The molecule has 1 aromatic heterocycles. The van der Waals surface area contributed by atoms with Crippen molar-refractivity contribution in [3.8, 4) is 0 Å². The number of benzene rings is 2. The fraction of sp³-hybridized carbons (Fsp3) is 0.467. The van der Waals surface area contributed by atoms with Crippen molar-refractivity contribution < 1.29 is 23.4 Å². The molecule has 2 aromatic carbocycles. The molecule has 2 N–H and O–H groups in total. The van der Waals surface area contributed by atoms with Gasteiger partial charge in [-0.05, 0) is 75.4 Å². The molecule has 4 rings (SSSR count). The minimum Gasteiger partial charge on any atom is -0.460 e. The molecule has 1 aliphatic heterocycles. The van der Waals surface area contributed by atoms with E-state index in [0.717, 1.165) is 10.0 Å². The van der Waals surface area contributed by atoms with Crippen molar-refractivity contribution in [2.24, 2.45) is 0 Å². The van der Waals surface area contributed by atoms with E-state index >= 15 is 0 Å². The van der Waals surface area contributed by atoms with Crippen LogP contribution >= 0.6 is 27.5 Å². The maximum atomic E-state index is 14.1. The Morgan fingerprint density at radius 3 is 2.55 bits per heavy atom. The van der Waals surface area contributed by atoms with Crippen molar-refractivity contribution in [3.63, 3.8) is 0 Å². The average Bonchev–Trinajstić information content (AvgIpc) is 3.20. The number of nitrogens with one attached hydrogen (secondary N) is 1. The lowest BCUT2D eigenvalue weighted by Gasteiger charge is -2.26. The normalized spacial score (nSPS) is 19.2. The Morgan fingerprint density at radius 1 is 1.23 bits per heavy atom. The highest BCUT2D eigenvalue weighted by atomic mass is 79.9. The Labute approximate surface area is 247 Å². The van der Waals surface area contributed by atoms with Gasteiger partial charge in [0.15, 0.2) is 12.3 Å². The van der Waals surface area contributed by atoms with E-state index in [4.69, 9.17) is 21.3 Å². The number of carbonyl (C=O) groups is 1. The molecule has 3 aromatic rings. The first-order valence-corrected chi connectivity index (χ1v) is 14.5. The van der Waals surface area contributed by atoms with E-state index < -0.39 is 24.2 Å². The van der Waals surface area contributed by atoms with Crippen LogP contribution in [-0.2, 0) is 9.53 Å². The van der Waals surface area contributed by atoms with Gasteiger partial charge in [-0.15, -0.1) is 0 Å². The summed E-state index contributed by atoms with van der Waals surface area (Å²) in [4.78, 5) is 18.8. The van der Waals surface area contributed by atoms with Gasteiger partial charge in [-0.2, -0.15) is 0 Å². The monoisotopic (exact) mass is 637 g/mol. The number of aliphatic hydroxyl groups is 1. The standard InChI is InChI=1S/C30H35BrClF2N3O3/c1-17-27(21-13-19(31)10-11-25(21)36-28(17)37-15-23(33)24(34)16-37)29(39)35-14-18(20-7-5-6-8-22(20)32)9-12-26(38)40-30(2,3)4/h5-8,10-11,13,18,23-24,29,35,39H,9,12,14-16H2,1-4H3/t18?,23-,24+,29?. The Kier molecular flexibility index (Phi) is 9.70. The van der Waals surface area contributed by atoms with Crippen LogP contribution in [0.2, 0.25) is 5.02 Å². The third kappa shape index (κ3) is 7.29. The maximum absolute atomic E-state index is 14.1. The number of esters is 1. The zero-order valence-electron chi connectivity index (χ0n) is 23.1. The molecule has 40 heavy (non-hydrogen) atoms. The van der Waals surface area contributed by atoms with Crippen molar-refractivity contribution in [3.05, 3.63) is 68.7 Å². The summed E-state index contributed by atoms with van der Waals surface area (Å²) in [6.45, 7) is 7.39. The molecule has 0 radical (unpaired) electrons. The largest absolute Gasteiger partial charge is 0.460 e. The van der Waals surface area contributed by atoms with Gasteiger partial charge in [-0.25, -0.2) is 13.8 Å². The van der Waals surface area contributed by atoms with Crippen LogP contribution in [0.1, 0.15) is 62.4 Å². The van der Waals surface area contributed by atoms with Gasteiger partial charge in [-0.3, -0.25) is 10.1 Å². The van der Waals surface area contributed by atoms with Crippen molar-refractivity contribution in [2.45, 2.75) is 70.6 Å². The second kappa shape index (κ2) is 12.7. The number of hydrogen-bond acceptors (Lipinski definition) is 6. The number of aliphatic hydroxyl groups excluding tert-OH is 1. The second-order valence-electron chi connectivity index (χ2n) is 11.2. The lowest BCUT2D eigenvalue weighted by Crippen LogP contribution is -2.29. The minimum atomic E-state index is -1.59. The van der Waals surface area contributed by atoms with Gasteiger partial charge in [-0.1, -0.05) is 45.7 Å². The summed E-state index contributed by atoms with van der Waals surface area (Å²) in [6.07, 6.45) is -3.67. The van der Waals surface area contributed by atoms with Crippen molar-refractivity contribution in [1.82, 2.24) is 10.3 Å². The van der Waals surface area contributed by atoms with Crippen molar-refractivity contribution in [2.75, 3.05) is 24.5 Å². The maximum Gasteiger partial charge on any atom is 0.306 e. The number of halogens is 4. The number of carbonyl (C=O) groups excluding carboxylic acids is 1. The molecule has 2 heterocycles. The SMILES string of the molecule is Cc1c(N2C[C@@H](F)[C@@H](F)C2)nc2ccc(Br)cc2c1C(O)NCC(CCC(=O)OC(C)(C)C)c1ccccc1Cl. The molecule has 216 valence electrons. The number of fused-ring (bicyclic) bond motifs is 1. The number of rotatable bonds is 9. The highest BCUT2D eigenvalue weighted by Gasteiger charge is 2.35. The van der Waals surface area contributed by atoms with Crippen LogP contribution in [0.4, 0.5) is 14.6 Å². The number of hydrogen-bond donors (Lipinski definition) is 2. The third-order valence-corrected chi connectivity index (χ3v) is 7.83. The van der Waals surface area contributed by atoms with Gasteiger partial charge in [0, 0.05) is 33.4 Å². The molecule has 2 unspecified atom stereocenters. The first kappa shape index (κ1) is 30.6. The number of aromatic nitrogens is 1. The number of pyridine rings is 1. The first-order valence-electron chi connectivity index (χ1n) is 13.3. The molecule has 0 bridgehead atoms. The fourth-order valence-electron chi connectivity index (χ4n) is 5.11. The zero-order valence-corrected chi connectivity index (χ0v) is 25.4. The van der Waals surface area contributed by atoms with E-state index in [1.54, 1.807) is 17.9 Å². The Morgan fingerprint density at radius 2 is 1.90 bits per heavy atom. The van der Waals surface area contributed by atoms with Crippen LogP contribution < -0.4 is 10.2 Å². The highest BCUT2D eigenvalue weighted by Crippen LogP contribution is 2.36. The smallest absolute Gasteiger partial charge is 0.306 e. The predicted molar refractivity (Wildman–Crippen MR) is 158 cm³/mol. The summed E-state index contributed by atoms with van der Waals surface area (Å²) in [5, 5.41) is 16.0. The summed E-state index contributed by atoms with van der Waals surface area (Å²) in [5.74, 6) is -0.0618. The summed E-state index contributed by atoms with van der Waals surface area (Å²) >= 11 is 10.0. The Bertz CT molecular complexity index is 1360. The van der Waals surface area contributed by atoms with E-state index in [2.05, 4.69) is 21.2 Å². The van der Waals surface area contributed by atoms with E-state index in [1.807, 2.05) is 57.2 Å². The van der Waals surface area contributed by atoms with Gasteiger partial charge in [0.1, 0.15) is 17.6 Å². The molecule has 0 aliphatic carbocycles. The number of alkyl halides is 2. The van der Waals surface area contributed by atoms with E-state index in [-0.39, 0.29) is 31.4 Å². The molecule has 1 fully saturated rings. The number of ether oxygens (including phenoxy) is 1. The molecule has 0 amide bonds. The third-order valence-electron chi connectivity index (χ3n) is 6.99. The van der Waals surface area contributed by atoms with E-state index in [1.165, 1.54) is 0 Å². The molecule has 10 heteroatoms. The molecule has 4 atom stereocenters.